The number of esters is 1. The smallest absolute Gasteiger partial charge is 0.340 e. The molecule has 0 aliphatic heterocycles. The first-order valence-corrected chi connectivity index (χ1v) is 7.65. The maximum atomic E-state index is 12.3. The van der Waals surface area contributed by atoms with E-state index in [1.807, 2.05) is 6.07 Å². The second kappa shape index (κ2) is 8.60. The van der Waals surface area contributed by atoms with Crippen LogP contribution in [-0.2, 0) is 9.53 Å². The number of carbonyl (C=O) groups excluding carboxylic acids is 2. The quantitative estimate of drug-likeness (QED) is 0.333. The summed E-state index contributed by atoms with van der Waals surface area (Å²) in [6, 6.07) is 13.6. The van der Waals surface area contributed by atoms with E-state index in [-0.39, 0.29) is 22.8 Å². The van der Waals surface area contributed by atoms with Crippen molar-refractivity contribution < 1.29 is 19.2 Å². The molecule has 2 aromatic rings. The van der Waals surface area contributed by atoms with E-state index in [0.717, 1.165) is 17.0 Å². The highest BCUT2D eigenvalue weighted by Crippen LogP contribution is 2.23. The van der Waals surface area contributed by atoms with Crippen molar-refractivity contribution >= 4 is 34.9 Å². The van der Waals surface area contributed by atoms with Gasteiger partial charge in [-0.15, -0.1) is 0 Å². The van der Waals surface area contributed by atoms with Gasteiger partial charge in [-0.1, -0.05) is 29.8 Å². The summed E-state index contributed by atoms with van der Waals surface area (Å²) in [7, 11) is 0. The second-order valence-electron chi connectivity index (χ2n) is 4.97. The van der Waals surface area contributed by atoms with Gasteiger partial charge in [0.25, 0.3) is 11.6 Å². The summed E-state index contributed by atoms with van der Waals surface area (Å²) in [6.07, 6.45) is 0. The summed E-state index contributed by atoms with van der Waals surface area (Å²) in [5, 5.41) is 19.6. The summed E-state index contributed by atoms with van der Waals surface area (Å²) < 4.78 is 4.91. The average Bonchev–Trinajstić information content (AvgIpc) is 2.64. The highest BCUT2D eigenvalue weighted by atomic mass is 35.5. The van der Waals surface area contributed by atoms with Crippen LogP contribution in [0, 0.1) is 21.4 Å². The van der Waals surface area contributed by atoms with E-state index in [2.05, 4.69) is 0 Å². The molecule has 1 amide bonds. The molecule has 0 saturated carbocycles. The van der Waals surface area contributed by atoms with Crippen LogP contribution in [0.5, 0.6) is 0 Å². The lowest BCUT2D eigenvalue weighted by molar-refractivity contribution is -0.384. The normalized spacial score (nSPS) is 9.85. The summed E-state index contributed by atoms with van der Waals surface area (Å²) in [5.41, 5.74) is -0.0771. The molecule has 0 heterocycles. The molecule has 0 saturated heterocycles. The molecule has 2 aromatic carbocycles. The van der Waals surface area contributed by atoms with Gasteiger partial charge in [0.15, 0.2) is 6.61 Å². The monoisotopic (exact) mass is 373 g/mol. The van der Waals surface area contributed by atoms with Crippen molar-refractivity contribution in [2.24, 2.45) is 0 Å². The standard InChI is InChI=1S/C17H12ClN3O5/c18-15-7-6-13(21(24)25)10-14(15)17(23)26-11-16(22)20(9-8-19)12-4-2-1-3-5-12/h1-7,10H,9,11H2. The van der Waals surface area contributed by atoms with Crippen molar-refractivity contribution in [1.29, 1.82) is 5.26 Å². The maximum Gasteiger partial charge on any atom is 0.340 e. The minimum atomic E-state index is -0.975. The van der Waals surface area contributed by atoms with E-state index in [9.17, 15) is 19.7 Å². The number of para-hydroxylation sites is 1. The van der Waals surface area contributed by atoms with Crippen LogP contribution >= 0.6 is 11.6 Å². The number of benzene rings is 2. The van der Waals surface area contributed by atoms with Gasteiger partial charge in [-0.05, 0) is 18.2 Å². The maximum absolute atomic E-state index is 12.3. The number of nitro benzene ring substituents is 1. The van der Waals surface area contributed by atoms with Crippen LogP contribution in [0.4, 0.5) is 11.4 Å². The Bertz CT molecular complexity index is 880. The third-order valence-electron chi connectivity index (χ3n) is 3.31. The number of hydrogen-bond acceptors (Lipinski definition) is 6. The summed E-state index contributed by atoms with van der Waals surface area (Å²) in [5.74, 6) is -1.59. The lowest BCUT2D eigenvalue weighted by Gasteiger charge is -2.19. The Hall–Kier alpha value is -3.44. The largest absolute Gasteiger partial charge is 0.452 e. The molecule has 0 spiro atoms. The van der Waals surface area contributed by atoms with E-state index >= 15 is 0 Å². The van der Waals surface area contributed by atoms with E-state index in [1.165, 1.54) is 6.07 Å². The van der Waals surface area contributed by atoms with Crippen LogP contribution < -0.4 is 4.90 Å². The van der Waals surface area contributed by atoms with Crippen molar-refractivity contribution in [2.45, 2.75) is 0 Å². The lowest BCUT2D eigenvalue weighted by atomic mass is 10.2. The SMILES string of the molecule is N#CCN(C(=O)COC(=O)c1cc([N+](=O)[O-])ccc1Cl)c1ccccc1. The number of halogens is 1. The molecular formula is C17H12ClN3O5. The number of rotatable bonds is 6. The number of hydrogen-bond donors (Lipinski definition) is 0. The molecule has 9 heteroatoms. The van der Waals surface area contributed by atoms with Crippen LogP contribution in [-0.4, -0.2) is 30.0 Å². The molecular weight excluding hydrogens is 362 g/mol. The average molecular weight is 374 g/mol. The van der Waals surface area contributed by atoms with Crippen molar-refractivity contribution in [3.05, 3.63) is 69.2 Å². The zero-order valence-corrected chi connectivity index (χ0v) is 14.0. The molecule has 0 atom stereocenters. The van der Waals surface area contributed by atoms with E-state index in [0.29, 0.717) is 5.69 Å². The predicted molar refractivity (Wildman–Crippen MR) is 92.8 cm³/mol. The Morgan fingerprint density at radius 2 is 1.92 bits per heavy atom. The lowest BCUT2D eigenvalue weighted by Crippen LogP contribution is -2.35. The van der Waals surface area contributed by atoms with Crippen molar-refractivity contribution in [1.82, 2.24) is 0 Å². The molecule has 0 N–H and O–H groups in total. The summed E-state index contributed by atoms with van der Waals surface area (Å²) >= 11 is 5.86. The minimum Gasteiger partial charge on any atom is -0.452 e. The third kappa shape index (κ3) is 4.55. The van der Waals surface area contributed by atoms with Gasteiger partial charge in [-0.25, -0.2) is 4.79 Å². The number of non-ortho nitro benzene ring substituents is 1. The van der Waals surface area contributed by atoms with Crippen LogP contribution in [0.3, 0.4) is 0 Å². The molecule has 0 radical (unpaired) electrons. The van der Waals surface area contributed by atoms with Gasteiger partial charge in [0.1, 0.15) is 6.54 Å². The Balaban J connectivity index is 2.11. The molecule has 0 aliphatic rings. The highest BCUT2D eigenvalue weighted by Gasteiger charge is 2.21. The van der Waals surface area contributed by atoms with Crippen LogP contribution in [0.15, 0.2) is 48.5 Å². The van der Waals surface area contributed by atoms with Crippen LogP contribution in [0.2, 0.25) is 5.02 Å². The first-order chi connectivity index (χ1) is 12.4. The van der Waals surface area contributed by atoms with Gasteiger partial charge in [0.2, 0.25) is 0 Å². The first-order valence-electron chi connectivity index (χ1n) is 7.27. The molecule has 0 aromatic heterocycles. The summed E-state index contributed by atoms with van der Waals surface area (Å²) in [6.45, 7) is -0.869. The Morgan fingerprint density at radius 3 is 2.54 bits per heavy atom. The van der Waals surface area contributed by atoms with Gasteiger partial charge in [0, 0.05) is 17.8 Å². The molecule has 0 unspecified atom stereocenters. The van der Waals surface area contributed by atoms with Gasteiger partial charge >= 0.3 is 5.97 Å². The molecule has 132 valence electrons. The van der Waals surface area contributed by atoms with E-state index in [4.69, 9.17) is 21.6 Å². The fourth-order valence-corrected chi connectivity index (χ4v) is 2.26. The number of nitrogens with zero attached hydrogens (tertiary/aromatic N) is 3. The Labute approximate surface area is 153 Å². The first kappa shape index (κ1) is 18.9. The number of carbonyl (C=O) groups is 2. The van der Waals surface area contributed by atoms with Crippen molar-refractivity contribution in [3.63, 3.8) is 0 Å². The summed E-state index contributed by atoms with van der Waals surface area (Å²) in [4.78, 5) is 35.6. The number of ether oxygens (including phenoxy) is 1. The third-order valence-corrected chi connectivity index (χ3v) is 3.63. The molecule has 26 heavy (non-hydrogen) atoms. The topological polar surface area (TPSA) is 114 Å². The zero-order chi connectivity index (χ0) is 19.1. The van der Waals surface area contributed by atoms with Gasteiger partial charge < -0.3 is 4.74 Å². The fourth-order valence-electron chi connectivity index (χ4n) is 2.07. The predicted octanol–water partition coefficient (Wildman–Crippen LogP) is 2.96. The van der Waals surface area contributed by atoms with Crippen molar-refractivity contribution in [2.75, 3.05) is 18.1 Å². The van der Waals surface area contributed by atoms with E-state index < -0.39 is 23.4 Å². The molecule has 2 rings (SSSR count). The van der Waals surface area contributed by atoms with E-state index in [1.54, 1.807) is 30.3 Å². The molecule has 0 aliphatic carbocycles. The zero-order valence-electron chi connectivity index (χ0n) is 13.3. The number of amides is 1. The fraction of sp³-hybridized carbons (Fsp3) is 0.118. The minimum absolute atomic E-state index is 0.0370. The number of anilines is 1. The van der Waals surface area contributed by atoms with Crippen molar-refractivity contribution in [3.8, 4) is 6.07 Å². The van der Waals surface area contributed by atoms with Crippen LogP contribution in [0.1, 0.15) is 10.4 Å². The Kier molecular flexibility index (Phi) is 6.25. The molecule has 0 bridgehead atoms. The Morgan fingerprint density at radius 1 is 1.23 bits per heavy atom. The van der Waals surface area contributed by atoms with Crippen LogP contribution in [0.25, 0.3) is 0 Å². The highest BCUT2D eigenvalue weighted by molar-refractivity contribution is 6.33. The molecule has 8 nitrogen and oxygen atoms in total. The van der Waals surface area contributed by atoms with Gasteiger partial charge in [-0.2, -0.15) is 5.26 Å². The second-order valence-corrected chi connectivity index (χ2v) is 5.38. The van der Waals surface area contributed by atoms with Gasteiger partial charge in [0.05, 0.1) is 21.6 Å². The molecule has 0 fully saturated rings. The number of nitriles is 1. The van der Waals surface area contributed by atoms with Gasteiger partial charge in [-0.3, -0.25) is 19.8 Å². The number of nitro groups is 1.